The van der Waals surface area contributed by atoms with Crippen LogP contribution in [-0.4, -0.2) is 16.8 Å². The maximum atomic E-state index is 13.3. The number of benzene rings is 1. The van der Waals surface area contributed by atoms with Gasteiger partial charge in [0, 0.05) is 23.5 Å². The number of hydrogen-bond donors (Lipinski definition) is 2. The fraction of sp³-hybridized carbons (Fsp3) is 0. The molecule has 102 valence electrons. The standard InChI is InChI=1S/C13H9F2N3O2/c14-10-2-1-8(6-9(10)12(16)19)18-13(20)7-3-4-17-11(15)5-7/h1-6H,(H2,16,19)(H,18,20). The molecule has 0 spiro atoms. The van der Waals surface area contributed by atoms with Crippen LogP contribution < -0.4 is 11.1 Å². The number of anilines is 1. The minimum absolute atomic E-state index is 0.0439. The van der Waals surface area contributed by atoms with E-state index in [0.717, 1.165) is 24.4 Å². The highest BCUT2D eigenvalue weighted by Gasteiger charge is 2.12. The number of nitrogens with zero attached hydrogens (tertiary/aromatic N) is 1. The van der Waals surface area contributed by atoms with E-state index in [1.54, 1.807) is 0 Å². The van der Waals surface area contributed by atoms with Crippen molar-refractivity contribution in [1.29, 1.82) is 0 Å². The van der Waals surface area contributed by atoms with Crippen LogP contribution in [0.3, 0.4) is 0 Å². The van der Waals surface area contributed by atoms with Crippen molar-refractivity contribution in [1.82, 2.24) is 4.98 Å². The first-order valence-electron chi connectivity index (χ1n) is 5.49. The highest BCUT2D eigenvalue weighted by molar-refractivity contribution is 6.05. The van der Waals surface area contributed by atoms with Gasteiger partial charge in [0.05, 0.1) is 5.56 Å². The van der Waals surface area contributed by atoms with Gasteiger partial charge in [-0.3, -0.25) is 9.59 Å². The van der Waals surface area contributed by atoms with Crippen LogP contribution in [0, 0.1) is 11.8 Å². The Hall–Kier alpha value is -2.83. The third-order valence-electron chi connectivity index (χ3n) is 2.48. The predicted octanol–water partition coefficient (Wildman–Crippen LogP) is 1.71. The lowest BCUT2D eigenvalue weighted by atomic mass is 10.1. The summed E-state index contributed by atoms with van der Waals surface area (Å²) >= 11 is 0. The second-order valence-corrected chi connectivity index (χ2v) is 3.88. The van der Waals surface area contributed by atoms with Crippen LogP contribution in [0.25, 0.3) is 0 Å². The van der Waals surface area contributed by atoms with Crippen LogP contribution in [0.1, 0.15) is 20.7 Å². The van der Waals surface area contributed by atoms with Crippen LogP contribution in [0.15, 0.2) is 36.5 Å². The second-order valence-electron chi connectivity index (χ2n) is 3.88. The Bertz CT molecular complexity index is 689. The summed E-state index contributed by atoms with van der Waals surface area (Å²) in [4.78, 5) is 26.1. The monoisotopic (exact) mass is 277 g/mol. The molecule has 0 aliphatic heterocycles. The van der Waals surface area contributed by atoms with Gasteiger partial charge in [-0.15, -0.1) is 0 Å². The molecule has 1 aromatic carbocycles. The SMILES string of the molecule is NC(=O)c1cc(NC(=O)c2ccnc(F)c2)ccc1F. The van der Waals surface area contributed by atoms with Crippen molar-refractivity contribution >= 4 is 17.5 Å². The Labute approximate surface area is 112 Å². The third-order valence-corrected chi connectivity index (χ3v) is 2.48. The molecule has 7 heteroatoms. The number of pyridine rings is 1. The number of rotatable bonds is 3. The summed E-state index contributed by atoms with van der Waals surface area (Å²) in [6.45, 7) is 0. The molecule has 0 fully saturated rings. The summed E-state index contributed by atoms with van der Waals surface area (Å²) in [7, 11) is 0. The van der Waals surface area contributed by atoms with Crippen LogP contribution in [0.2, 0.25) is 0 Å². The Morgan fingerprint density at radius 2 is 1.90 bits per heavy atom. The van der Waals surface area contributed by atoms with Crippen molar-refractivity contribution in [2.75, 3.05) is 5.32 Å². The molecule has 1 aromatic heterocycles. The van der Waals surface area contributed by atoms with E-state index in [0.29, 0.717) is 0 Å². The first kappa shape index (κ1) is 13.6. The maximum Gasteiger partial charge on any atom is 0.255 e. The van der Waals surface area contributed by atoms with Crippen molar-refractivity contribution < 1.29 is 18.4 Å². The van der Waals surface area contributed by atoms with E-state index in [1.807, 2.05) is 0 Å². The van der Waals surface area contributed by atoms with E-state index in [9.17, 15) is 18.4 Å². The van der Waals surface area contributed by atoms with Gasteiger partial charge in [0.1, 0.15) is 5.82 Å². The lowest BCUT2D eigenvalue weighted by Crippen LogP contribution is -2.16. The zero-order chi connectivity index (χ0) is 14.7. The maximum absolute atomic E-state index is 13.3. The lowest BCUT2D eigenvalue weighted by Gasteiger charge is -2.07. The normalized spacial score (nSPS) is 10.1. The predicted molar refractivity (Wildman–Crippen MR) is 67.1 cm³/mol. The van der Waals surface area contributed by atoms with Gasteiger partial charge in [-0.05, 0) is 24.3 Å². The molecule has 0 radical (unpaired) electrons. The summed E-state index contributed by atoms with van der Waals surface area (Å²) < 4.78 is 26.1. The number of primary amides is 1. The van der Waals surface area contributed by atoms with Crippen molar-refractivity contribution in [3.8, 4) is 0 Å². The molecule has 0 aliphatic carbocycles. The summed E-state index contributed by atoms with van der Waals surface area (Å²) in [5.74, 6) is -3.15. The molecule has 0 aliphatic rings. The Kier molecular flexibility index (Phi) is 3.69. The van der Waals surface area contributed by atoms with Gasteiger partial charge < -0.3 is 11.1 Å². The van der Waals surface area contributed by atoms with E-state index < -0.39 is 23.6 Å². The quantitative estimate of drug-likeness (QED) is 0.837. The third kappa shape index (κ3) is 2.94. The number of halogens is 2. The van der Waals surface area contributed by atoms with Gasteiger partial charge in [0.25, 0.3) is 11.8 Å². The molecule has 0 saturated heterocycles. The average Bonchev–Trinajstić information content (AvgIpc) is 2.40. The summed E-state index contributed by atoms with van der Waals surface area (Å²) in [6, 6.07) is 5.64. The number of aromatic nitrogens is 1. The molecule has 1 heterocycles. The number of nitrogens with one attached hydrogen (secondary N) is 1. The van der Waals surface area contributed by atoms with Crippen LogP contribution in [-0.2, 0) is 0 Å². The number of nitrogens with two attached hydrogens (primary N) is 1. The molecule has 0 atom stereocenters. The van der Waals surface area contributed by atoms with Crippen molar-refractivity contribution in [3.05, 3.63) is 59.4 Å². The number of hydrogen-bond acceptors (Lipinski definition) is 3. The van der Waals surface area contributed by atoms with Crippen LogP contribution in [0.5, 0.6) is 0 Å². The molecule has 0 saturated carbocycles. The second kappa shape index (κ2) is 5.43. The summed E-state index contributed by atoms with van der Waals surface area (Å²) in [6.07, 6.45) is 1.14. The van der Waals surface area contributed by atoms with Gasteiger partial charge in [0.15, 0.2) is 0 Å². The van der Waals surface area contributed by atoms with Gasteiger partial charge >= 0.3 is 0 Å². The highest BCUT2D eigenvalue weighted by atomic mass is 19.1. The van der Waals surface area contributed by atoms with Gasteiger partial charge in [-0.2, -0.15) is 4.39 Å². The number of amides is 2. The molecule has 2 rings (SSSR count). The fourth-order valence-corrected chi connectivity index (χ4v) is 1.54. The molecule has 5 nitrogen and oxygen atoms in total. The molecule has 3 N–H and O–H groups in total. The van der Waals surface area contributed by atoms with Gasteiger partial charge in [-0.25, -0.2) is 9.37 Å². The van der Waals surface area contributed by atoms with Crippen LogP contribution in [0.4, 0.5) is 14.5 Å². The van der Waals surface area contributed by atoms with Crippen molar-refractivity contribution in [3.63, 3.8) is 0 Å². The van der Waals surface area contributed by atoms with Crippen molar-refractivity contribution in [2.45, 2.75) is 0 Å². The fourth-order valence-electron chi connectivity index (χ4n) is 1.54. The van der Waals surface area contributed by atoms with Crippen LogP contribution >= 0.6 is 0 Å². The molecule has 0 unspecified atom stereocenters. The van der Waals surface area contributed by atoms with E-state index in [4.69, 9.17) is 5.73 Å². The number of carbonyl (C=O) groups excluding carboxylic acids is 2. The van der Waals surface area contributed by atoms with E-state index in [-0.39, 0.29) is 16.8 Å². The molecular formula is C13H9F2N3O2. The minimum atomic E-state index is -0.950. The smallest absolute Gasteiger partial charge is 0.255 e. The zero-order valence-corrected chi connectivity index (χ0v) is 10.1. The largest absolute Gasteiger partial charge is 0.366 e. The Balaban J connectivity index is 2.24. The minimum Gasteiger partial charge on any atom is -0.366 e. The van der Waals surface area contributed by atoms with Gasteiger partial charge in [-0.1, -0.05) is 0 Å². The lowest BCUT2D eigenvalue weighted by molar-refractivity contribution is 0.0992. The molecule has 2 amide bonds. The Morgan fingerprint density at radius 1 is 1.15 bits per heavy atom. The van der Waals surface area contributed by atoms with Crippen molar-refractivity contribution in [2.24, 2.45) is 5.73 Å². The topological polar surface area (TPSA) is 85.1 Å². The van der Waals surface area contributed by atoms with E-state index in [2.05, 4.69) is 10.3 Å². The number of carbonyl (C=O) groups is 2. The van der Waals surface area contributed by atoms with Gasteiger partial charge in [0.2, 0.25) is 5.95 Å². The van der Waals surface area contributed by atoms with E-state index >= 15 is 0 Å². The zero-order valence-electron chi connectivity index (χ0n) is 10.1. The molecule has 2 aromatic rings. The molecule has 20 heavy (non-hydrogen) atoms. The first-order valence-corrected chi connectivity index (χ1v) is 5.49. The first-order chi connectivity index (χ1) is 9.47. The summed E-state index contributed by atoms with van der Waals surface area (Å²) in [5, 5.41) is 2.40. The Morgan fingerprint density at radius 3 is 2.55 bits per heavy atom. The summed E-state index contributed by atoms with van der Waals surface area (Å²) in [5.41, 5.74) is 4.86. The molecular weight excluding hydrogens is 268 g/mol. The van der Waals surface area contributed by atoms with E-state index in [1.165, 1.54) is 12.1 Å². The highest BCUT2D eigenvalue weighted by Crippen LogP contribution is 2.15. The average molecular weight is 277 g/mol. The molecule has 0 bridgehead atoms.